The Balaban J connectivity index is 1.83. The van der Waals surface area contributed by atoms with Crippen molar-refractivity contribution in [1.29, 1.82) is 0 Å². The zero-order valence-electron chi connectivity index (χ0n) is 10.3. The highest BCUT2D eigenvalue weighted by Gasteiger charge is 2.06. The molecule has 0 unspecified atom stereocenters. The second-order valence-electron chi connectivity index (χ2n) is 3.92. The molecule has 6 heteroatoms. The van der Waals surface area contributed by atoms with Gasteiger partial charge < -0.3 is 9.84 Å². The number of pyridine rings is 1. The van der Waals surface area contributed by atoms with E-state index < -0.39 is 0 Å². The number of nitrogens with zero attached hydrogens (tertiary/aromatic N) is 3. The molecule has 0 aromatic carbocycles. The van der Waals surface area contributed by atoms with Crippen LogP contribution in [0.5, 0.6) is 0 Å². The zero-order valence-corrected chi connectivity index (χ0v) is 10.3. The Hall–Kier alpha value is -2.24. The van der Waals surface area contributed by atoms with Crippen molar-refractivity contribution in [2.45, 2.75) is 20.3 Å². The number of carbonyl (C=O) groups excluding carboxylic acids is 1. The molecule has 94 valence electrons. The van der Waals surface area contributed by atoms with Gasteiger partial charge in [-0.1, -0.05) is 5.16 Å². The molecule has 0 aliphatic heterocycles. The van der Waals surface area contributed by atoms with Crippen LogP contribution < -0.4 is 5.32 Å². The molecule has 0 radical (unpaired) electrons. The SMILES string of the molecule is Cc1ccc(C(=O)NCCc2noc(C)n2)cn1. The van der Waals surface area contributed by atoms with E-state index in [9.17, 15) is 4.79 Å². The molecule has 0 aliphatic carbocycles. The van der Waals surface area contributed by atoms with Gasteiger partial charge in [-0.25, -0.2) is 0 Å². The fourth-order valence-electron chi connectivity index (χ4n) is 1.43. The molecule has 1 N–H and O–H groups in total. The van der Waals surface area contributed by atoms with Gasteiger partial charge in [0.2, 0.25) is 5.89 Å². The molecule has 0 saturated heterocycles. The van der Waals surface area contributed by atoms with E-state index in [1.54, 1.807) is 25.3 Å². The van der Waals surface area contributed by atoms with Crippen molar-refractivity contribution in [2.75, 3.05) is 6.54 Å². The van der Waals surface area contributed by atoms with Crippen LogP contribution in [0.2, 0.25) is 0 Å². The third-order valence-electron chi connectivity index (χ3n) is 2.38. The number of nitrogens with one attached hydrogen (secondary N) is 1. The van der Waals surface area contributed by atoms with Gasteiger partial charge in [0.15, 0.2) is 5.82 Å². The van der Waals surface area contributed by atoms with E-state index in [4.69, 9.17) is 4.52 Å². The second-order valence-corrected chi connectivity index (χ2v) is 3.92. The number of carbonyl (C=O) groups is 1. The number of aromatic nitrogens is 3. The molecule has 1 amide bonds. The Morgan fingerprint density at radius 1 is 1.39 bits per heavy atom. The third-order valence-corrected chi connectivity index (χ3v) is 2.38. The topological polar surface area (TPSA) is 80.9 Å². The maximum absolute atomic E-state index is 11.7. The minimum absolute atomic E-state index is 0.150. The average Bonchev–Trinajstić information content (AvgIpc) is 2.76. The van der Waals surface area contributed by atoms with Crippen LogP contribution >= 0.6 is 0 Å². The van der Waals surface area contributed by atoms with Crippen molar-refractivity contribution in [1.82, 2.24) is 20.4 Å². The van der Waals surface area contributed by atoms with Crippen LogP contribution in [0.4, 0.5) is 0 Å². The first-order valence-electron chi connectivity index (χ1n) is 5.65. The lowest BCUT2D eigenvalue weighted by Crippen LogP contribution is -2.26. The molecular weight excluding hydrogens is 232 g/mol. The summed E-state index contributed by atoms with van der Waals surface area (Å²) in [5, 5.41) is 6.52. The average molecular weight is 246 g/mol. The highest BCUT2D eigenvalue weighted by Crippen LogP contribution is 1.99. The van der Waals surface area contributed by atoms with E-state index in [0.717, 1.165) is 5.69 Å². The number of rotatable bonds is 4. The van der Waals surface area contributed by atoms with Gasteiger partial charge in [-0.05, 0) is 19.1 Å². The van der Waals surface area contributed by atoms with Gasteiger partial charge >= 0.3 is 0 Å². The predicted molar refractivity (Wildman–Crippen MR) is 64.0 cm³/mol. The Morgan fingerprint density at radius 3 is 2.83 bits per heavy atom. The first kappa shape index (κ1) is 12.2. The van der Waals surface area contributed by atoms with Crippen LogP contribution in [0.15, 0.2) is 22.9 Å². The van der Waals surface area contributed by atoms with Gasteiger partial charge in [0.1, 0.15) is 0 Å². The van der Waals surface area contributed by atoms with Gasteiger partial charge in [-0.3, -0.25) is 9.78 Å². The molecule has 0 saturated carbocycles. The van der Waals surface area contributed by atoms with Gasteiger partial charge in [-0.2, -0.15) is 4.98 Å². The minimum Gasteiger partial charge on any atom is -0.352 e. The molecule has 0 aliphatic rings. The first-order chi connectivity index (χ1) is 8.65. The Kier molecular flexibility index (Phi) is 3.66. The van der Waals surface area contributed by atoms with Gasteiger partial charge in [-0.15, -0.1) is 0 Å². The summed E-state index contributed by atoms with van der Waals surface area (Å²) in [5.41, 5.74) is 1.43. The molecule has 6 nitrogen and oxygen atoms in total. The van der Waals surface area contributed by atoms with Crippen LogP contribution in [-0.2, 0) is 6.42 Å². The summed E-state index contributed by atoms with van der Waals surface area (Å²) in [4.78, 5) is 19.9. The van der Waals surface area contributed by atoms with Gasteiger partial charge in [0.25, 0.3) is 5.91 Å². The van der Waals surface area contributed by atoms with Crippen LogP contribution in [0.3, 0.4) is 0 Å². The number of amides is 1. The highest BCUT2D eigenvalue weighted by molar-refractivity contribution is 5.93. The largest absolute Gasteiger partial charge is 0.352 e. The quantitative estimate of drug-likeness (QED) is 0.872. The molecule has 2 heterocycles. The maximum atomic E-state index is 11.7. The zero-order chi connectivity index (χ0) is 13.0. The summed E-state index contributed by atoms with van der Waals surface area (Å²) in [6.07, 6.45) is 2.10. The van der Waals surface area contributed by atoms with Crippen molar-refractivity contribution >= 4 is 5.91 Å². The fraction of sp³-hybridized carbons (Fsp3) is 0.333. The summed E-state index contributed by atoms with van der Waals surface area (Å²) in [7, 11) is 0. The standard InChI is InChI=1S/C12H14N4O2/c1-8-3-4-10(7-14-8)12(17)13-6-5-11-15-9(2)18-16-11/h3-4,7H,5-6H2,1-2H3,(H,13,17). The predicted octanol–water partition coefficient (Wildman–Crippen LogP) is 1.05. The number of hydrogen-bond acceptors (Lipinski definition) is 5. The maximum Gasteiger partial charge on any atom is 0.252 e. The molecular formula is C12H14N4O2. The second kappa shape index (κ2) is 5.39. The van der Waals surface area contributed by atoms with Crippen molar-refractivity contribution < 1.29 is 9.32 Å². The smallest absolute Gasteiger partial charge is 0.252 e. The van der Waals surface area contributed by atoms with Crippen molar-refractivity contribution in [2.24, 2.45) is 0 Å². The van der Waals surface area contributed by atoms with E-state index in [0.29, 0.717) is 30.2 Å². The molecule has 2 aromatic rings. The van der Waals surface area contributed by atoms with Crippen LogP contribution in [0.1, 0.15) is 27.8 Å². The highest BCUT2D eigenvalue weighted by atomic mass is 16.5. The minimum atomic E-state index is -0.150. The number of aryl methyl sites for hydroxylation is 2. The fourth-order valence-corrected chi connectivity index (χ4v) is 1.43. The van der Waals surface area contributed by atoms with E-state index in [2.05, 4.69) is 20.4 Å². The molecule has 2 rings (SSSR count). The molecule has 0 bridgehead atoms. The lowest BCUT2D eigenvalue weighted by molar-refractivity contribution is 0.0953. The van der Waals surface area contributed by atoms with E-state index in [-0.39, 0.29) is 5.91 Å². The Bertz CT molecular complexity index is 533. The van der Waals surface area contributed by atoms with Crippen LogP contribution in [0.25, 0.3) is 0 Å². The third kappa shape index (κ3) is 3.13. The van der Waals surface area contributed by atoms with Crippen molar-refractivity contribution in [3.05, 3.63) is 41.3 Å². The summed E-state index contributed by atoms with van der Waals surface area (Å²) < 4.78 is 4.84. The lowest BCUT2D eigenvalue weighted by Gasteiger charge is -2.03. The van der Waals surface area contributed by atoms with Crippen molar-refractivity contribution in [3.63, 3.8) is 0 Å². The van der Waals surface area contributed by atoms with Gasteiger partial charge in [0, 0.05) is 31.8 Å². The summed E-state index contributed by atoms with van der Waals surface area (Å²) >= 11 is 0. The normalized spacial score (nSPS) is 10.3. The molecule has 0 fully saturated rings. The van der Waals surface area contributed by atoms with E-state index in [1.807, 2.05) is 6.92 Å². The molecule has 0 spiro atoms. The Morgan fingerprint density at radius 2 is 2.22 bits per heavy atom. The van der Waals surface area contributed by atoms with E-state index in [1.165, 1.54) is 0 Å². The van der Waals surface area contributed by atoms with Crippen LogP contribution in [-0.4, -0.2) is 27.6 Å². The van der Waals surface area contributed by atoms with Gasteiger partial charge in [0.05, 0.1) is 5.56 Å². The summed E-state index contributed by atoms with van der Waals surface area (Å²) in [6, 6.07) is 3.55. The lowest BCUT2D eigenvalue weighted by atomic mass is 10.2. The Labute approximate surface area is 104 Å². The monoisotopic (exact) mass is 246 g/mol. The molecule has 0 atom stereocenters. The van der Waals surface area contributed by atoms with Crippen molar-refractivity contribution in [3.8, 4) is 0 Å². The van der Waals surface area contributed by atoms with E-state index >= 15 is 0 Å². The van der Waals surface area contributed by atoms with Crippen LogP contribution in [0, 0.1) is 13.8 Å². The molecule has 2 aromatic heterocycles. The molecule has 18 heavy (non-hydrogen) atoms. The number of hydrogen-bond donors (Lipinski definition) is 1. The first-order valence-corrected chi connectivity index (χ1v) is 5.65. The summed E-state index contributed by atoms with van der Waals surface area (Å²) in [6.45, 7) is 4.07. The summed E-state index contributed by atoms with van der Waals surface area (Å²) in [5.74, 6) is 0.969.